The third-order valence-electron chi connectivity index (χ3n) is 3.89. The van der Waals surface area contributed by atoms with Crippen LogP contribution in [0.25, 0.3) is 0 Å². The van der Waals surface area contributed by atoms with Crippen LogP contribution in [0.1, 0.15) is 24.2 Å². The first-order valence-corrected chi connectivity index (χ1v) is 9.30. The van der Waals surface area contributed by atoms with Gasteiger partial charge in [0.2, 0.25) is 5.91 Å². The number of carbonyl (C=O) groups excluding carboxylic acids is 1. The van der Waals surface area contributed by atoms with Gasteiger partial charge in [-0.3, -0.25) is 14.6 Å². The second-order valence-electron chi connectivity index (χ2n) is 5.68. The van der Waals surface area contributed by atoms with Crippen molar-refractivity contribution in [2.24, 2.45) is 0 Å². The molecule has 0 aliphatic carbocycles. The largest absolute Gasteiger partial charge is 0.311 e. The molecule has 3 rings (SSSR count). The Bertz CT molecular complexity index is 888. The van der Waals surface area contributed by atoms with E-state index in [4.69, 9.17) is 11.6 Å². The van der Waals surface area contributed by atoms with Crippen LogP contribution in [-0.4, -0.2) is 31.1 Å². The Balaban J connectivity index is 1.89. The zero-order chi connectivity index (χ0) is 17.5. The normalized spacial score (nSPS) is 15.1. The SMILES string of the molecule is Cc1n[nH]c(C)c1S(=O)(=O)Nc1ccc(N2CCCC2=O)c(Cl)c1. The molecule has 1 saturated heterocycles. The van der Waals surface area contributed by atoms with Crippen LogP contribution in [0, 0.1) is 13.8 Å². The minimum Gasteiger partial charge on any atom is -0.311 e. The van der Waals surface area contributed by atoms with Gasteiger partial charge in [-0.2, -0.15) is 5.10 Å². The Labute approximate surface area is 145 Å². The molecule has 2 aromatic rings. The standard InChI is InChI=1S/C15H17ClN4O3S/c1-9-15(10(2)18-17-9)24(22,23)19-11-5-6-13(12(16)8-11)20-7-3-4-14(20)21/h5-6,8,19H,3-4,7H2,1-2H3,(H,17,18). The fourth-order valence-electron chi connectivity index (χ4n) is 2.83. The van der Waals surface area contributed by atoms with Gasteiger partial charge in [0.1, 0.15) is 4.90 Å². The van der Waals surface area contributed by atoms with Gasteiger partial charge in [0.25, 0.3) is 10.0 Å². The second-order valence-corrected chi connectivity index (χ2v) is 7.71. The third kappa shape index (κ3) is 2.99. The van der Waals surface area contributed by atoms with Gasteiger partial charge < -0.3 is 4.90 Å². The summed E-state index contributed by atoms with van der Waals surface area (Å²) in [6.45, 7) is 3.88. The summed E-state index contributed by atoms with van der Waals surface area (Å²) in [6, 6.07) is 4.75. The van der Waals surface area contributed by atoms with E-state index in [0.29, 0.717) is 40.8 Å². The average Bonchev–Trinajstić information content (AvgIpc) is 3.05. The van der Waals surface area contributed by atoms with Crippen molar-refractivity contribution < 1.29 is 13.2 Å². The van der Waals surface area contributed by atoms with E-state index in [-0.39, 0.29) is 10.8 Å². The minimum absolute atomic E-state index is 0.0230. The van der Waals surface area contributed by atoms with Crippen LogP contribution in [0.2, 0.25) is 5.02 Å². The summed E-state index contributed by atoms with van der Waals surface area (Å²) < 4.78 is 27.6. The third-order valence-corrected chi connectivity index (χ3v) is 5.84. The molecule has 0 saturated carbocycles. The van der Waals surface area contributed by atoms with Crippen molar-refractivity contribution in [1.82, 2.24) is 10.2 Å². The van der Waals surface area contributed by atoms with Gasteiger partial charge in [0.05, 0.1) is 27.8 Å². The van der Waals surface area contributed by atoms with E-state index in [1.165, 1.54) is 6.07 Å². The number of hydrogen-bond donors (Lipinski definition) is 2. The smallest absolute Gasteiger partial charge is 0.265 e. The van der Waals surface area contributed by atoms with Gasteiger partial charge in [-0.15, -0.1) is 0 Å². The first-order chi connectivity index (χ1) is 11.3. The Hall–Kier alpha value is -2.06. The lowest BCUT2D eigenvalue weighted by Gasteiger charge is -2.18. The number of hydrogen-bond acceptors (Lipinski definition) is 4. The predicted molar refractivity (Wildman–Crippen MR) is 91.9 cm³/mol. The molecule has 0 spiro atoms. The summed E-state index contributed by atoms with van der Waals surface area (Å²) in [5.41, 5.74) is 1.78. The molecule has 1 aromatic heterocycles. The molecule has 128 valence electrons. The summed E-state index contributed by atoms with van der Waals surface area (Å²) in [5, 5.41) is 6.88. The van der Waals surface area contributed by atoms with Crippen LogP contribution in [0.15, 0.2) is 23.1 Å². The lowest BCUT2D eigenvalue weighted by Crippen LogP contribution is -2.24. The molecule has 1 amide bonds. The topological polar surface area (TPSA) is 95.2 Å². The Morgan fingerprint density at radius 3 is 2.62 bits per heavy atom. The van der Waals surface area contributed by atoms with Crippen molar-refractivity contribution in [3.8, 4) is 0 Å². The van der Waals surface area contributed by atoms with Crippen LogP contribution in [0.5, 0.6) is 0 Å². The number of nitrogens with one attached hydrogen (secondary N) is 2. The maximum absolute atomic E-state index is 12.5. The highest BCUT2D eigenvalue weighted by Gasteiger charge is 2.25. The van der Waals surface area contributed by atoms with Crippen LogP contribution in [0.3, 0.4) is 0 Å². The Morgan fingerprint density at radius 1 is 1.33 bits per heavy atom. The highest BCUT2D eigenvalue weighted by Crippen LogP contribution is 2.32. The van der Waals surface area contributed by atoms with Crippen molar-refractivity contribution in [2.45, 2.75) is 31.6 Å². The second kappa shape index (κ2) is 6.10. The van der Waals surface area contributed by atoms with Crippen molar-refractivity contribution >= 4 is 38.9 Å². The first kappa shape index (κ1) is 16.8. The predicted octanol–water partition coefficient (Wildman–Crippen LogP) is 2.61. The molecule has 7 nitrogen and oxygen atoms in total. The maximum atomic E-state index is 12.5. The number of halogens is 1. The number of nitrogens with zero attached hydrogens (tertiary/aromatic N) is 2. The number of carbonyl (C=O) groups is 1. The number of aryl methyl sites for hydroxylation is 2. The van der Waals surface area contributed by atoms with E-state index in [0.717, 1.165) is 6.42 Å². The van der Waals surface area contributed by atoms with Crippen LogP contribution in [0.4, 0.5) is 11.4 Å². The summed E-state index contributed by atoms with van der Waals surface area (Å²) in [7, 11) is -3.77. The first-order valence-electron chi connectivity index (χ1n) is 7.44. The lowest BCUT2D eigenvalue weighted by atomic mass is 10.2. The van der Waals surface area contributed by atoms with Gasteiger partial charge >= 0.3 is 0 Å². The molecule has 24 heavy (non-hydrogen) atoms. The molecular formula is C15H17ClN4O3S. The molecule has 0 atom stereocenters. The molecule has 2 heterocycles. The van der Waals surface area contributed by atoms with Crippen LogP contribution in [-0.2, 0) is 14.8 Å². The molecule has 9 heteroatoms. The summed E-state index contributed by atoms with van der Waals surface area (Å²) in [6.07, 6.45) is 1.30. The van der Waals surface area contributed by atoms with Gasteiger partial charge in [0.15, 0.2) is 0 Å². The van der Waals surface area contributed by atoms with Crippen molar-refractivity contribution in [2.75, 3.05) is 16.2 Å². The zero-order valence-electron chi connectivity index (χ0n) is 13.3. The summed E-state index contributed by atoms with van der Waals surface area (Å²) in [5.74, 6) is 0.0230. The van der Waals surface area contributed by atoms with Crippen molar-refractivity contribution in [1.29, 1.82) is 0 Å². The molecule has 0 bridgehead atoms. The van der Waals surface area contributed by atoms with E-state index in [9.17, 15) is 13.2 Å². The molecule has 0 unspecified atom stereocenters. The minimum atomic E-state index is -3.77. The van der Waals surface area contributed by atoms with E-state index in [2.05, 4.69) is 14.9 Å². The molecule has 1 aromatic carbocycles. The number of rotatable bonds is 4. The molecule has 1 fully saturated rings. The molecule has 0 radical (unpaired) electrons. The van der Waals surface area contributed by atoms with Crippen molar-refractivity contribution in [3.05, 3.63) is 34.6 Å². The van der Waals surface area contributed by atoms with Gasteiger partial charge in [0, 0.05) is 13.0 Å². The van der Waals surface area contributed by atoms with Crippen molar-refractivity contribution in [3.63, 3.8) is 0 Å². The number of anilines is 2. The number of amides is 1. The number of sulfonamides is 1. The maximum Gasteiger partial charge on any atom is 0.265 e. The highest BCUT2D eigenvalue weighted by atomic mass is 35.5. The number of benzene rings is 1. The van der Waals surface area contributed by atoms with Crippen LogP contribution >= 0.6 is 11.6 Å². The summed E-state index contributed by atoms with van der Waals surface area (Å²) >= 11 is 6.24. The molecule has 2 N–H and O–H groups in total. The van der Waals surface area contributed by atoms with Gasteiger partial charge in [-0.25, -0.2) is 8.42 Å². The van der Waals surface area contributed by atoms with E-state index in [1.54, 1.807) is 30.9 Å². The van der Waals surface area contributed by atoms with Crippen LogP contribution < -0.4 is 9.62 Å². The zero-order valence-corrected chi connectivity index (χ0v) is 14.8. The highest BCUT2D eigenvalue weighted by molar-refractivity contribution is 7.92. The quantitative estimate of drug-likeness (QED) is 0.867. The molecule has 1 aliphatic heterocycles. The molecule has 1 aliphatic rings. The monoisotopic (exact) mass is 368 g/mol. The fraction of sp³-hybridized carbons (Fsp3) is 0.333. The number of H-pyrrole nitrogens is 1. The number of aromatic nitrogens is 2. The van der Waals surface area contributed by atoms with E-state index in [1.807, 2.05) is 0 Å². The summed E-state index contributed by atoms with van der Waals surface area (Å²) in [4.78, 5) is 13.6. The average molecular weight is 369 g/mol. The van der Waals surface area contributed by atoms with E-state index >= 15 is 0 Å². The van der Waals surface area contributed by atoms with Gasteiger partial charge in [-0.05, 0) is 38.5 Å². The lowest BCUT2D eigenvalue weighted by molar-refractivity contribution is -0.117. The fourth-order valence-corrected chi connectivity index (χ4v) is 4.54. The van der Waals surface area contributed by atoms with Gasteiger partial charge in [-0.1, -0.05) is 11.6 Å². The Kier molecular flexibility index (Phi) is 4.27. The van der Waals surface area contributed by atoms with E-state index < -0.39 is 10.0 Å². The number of aromatic amines is 1. The Morgan fingerprint density at radius 2 is 2.08 bits per heavy atom. The molecular weight excluding hydrogens is 352 g/mol.